The monoisotopic (exact) mass is 447 g/mol. The number of carbonyl (C=O) groups excluding carboxylic acids is 4. The highest BCUT2D eigenvalue weighted by molar-refractivity contribution is 5.94. The van der Waals surface area contributed by atoms with Crippen LogP contribution in [-0.4, -0.2) is 81.8 Å². The Morgan fingerprint density at radius 2 is 1.48 bits per heavy atom. The second-order valence-corrected chi connectivity index (χ2v) is 7.29. The average molecular weight is 447 g/mol. The third-order valence-electron chi connectivity index (χ3n) is 4.69. The summed E-state index contributed by atoms with van der Waals surface area (Å²) in [6.45, 7) is 3.76. The van der Waals surface area contributed by atoms with Gasteiger partial charge >= 0.3 is 5.97 Å². The lowest BCUT2D eigenvalue weighted by Gasteiger charge is -2.28. The fraction of sp³-hybridized carbons (Fsp3) is 0.722. The van der Waals surface area contributed by atoms with Gasteiger partial charge in [0.15, 0.2) is 6.04 Å². The number of nitrogens with one attached hydrogen (secondary N) is 3. The van der Waals surface area contributed by atoms with E-state index in [0.29, 0.717) is 6.42 Å². The number of hydrogen-bond donors (Lipinski definition) is 8. The van der Waals surface area contributed by atoms with Gasteiger partial charge in [0.1, 0.15) is 12.1 Å². The van der Waals surface area contributed by atoms with Crippen LogP contribution in [-0.2, 0) is 24.0 Å². The number of aliphatic hydroxyl groups excluding tert-OH is 2. The molecule has 0 spiro atoms. The zero-order valence-electron chi connectivity index (χ0n) is 17.8. The fourth-order valence-corrected chi connectivity index (χ4v) is 2.49. The molecular weight excluding hydrogens is 414 g/mol. The van der Waals surface area contributed by atoms with Gasteiger partial charge in [-0.3, -0.25) is 19.2 Å². The summed E-state index contributed by atoms with van der Waals surface area (Å²) < 4.78 is 0. The lowest BCUT2D eigenvalue weighted by molar-refractivity contribution is -0.145. The van der Waals surface area contributed by atoms with Gasteiger partial charge in [0.25, 0.3) is 0 Å². The minimum absolute atomic E-state index is 0.0608. The molecule has 0 aliphatic rings. The molecule has 31 heavy (non-hydrogen) atoms. The number of aliphatic carboxylic acids is 1. The quantitative estimate of drug-likeness (QED) is 0.132. The molecule has 0 radical (unpaired) electrons. The van der Waals surface area contributed by atoms with Crippen LogP contribution in [0.5, 0.6) is 0 Å². The maximum atomic E-state index is 12.6. The first-order valence-electron chi connectivity index (χ1n) is 9.82. The van der Waals surface area contributed by atoms with Gasteiger partial charge in [-0.2, -0.15) is 0 Å². The average Bonchev–Trinajstić information content (AvgIpc) is 2.70. The molecule has 4 amide bonds. The van der Waals surface area contributed by atoms with Crippen molar-refractivity contribution in [3.63, 3.8) is 0 Å². The second kappa shape index (κ2) is 13.5. The predicted octanol–water partition coefficient (Wildman–Crippen LogP) is -3.46. The van der Waals surface area contributed by atoms with Crippen molar-refractivity contribution in [2.24, 2.45) is 17.4 Å². The van der Waals surface area contributed by atoms with E-state index in [9.17, 15) is 34.2 Å². The molecule has 6 unspecified atom stereocenters. The topological polar surface area (TPSA) is 234 Å². The van der Waals surface area contributed by atoms with Crippen molar-refractivity contribution in [3.05, 3.63) is 0 Å². The van der Waals surface area contributed by atoms with Gasteiger partial charge in [0.05, 0.1) is 18.8 Å². The molecule has 10 N–H and O–H groups in total. The number of carboxylic acids is 1. The minimum Gasteiger partial charge on any atom is -0.480 e. The van der Waals surface area contributed by atoms with E-state index in [2.05, 4.69) is 16.0 Å². The van der Waals surface area contributed by atoms with Gasteiger partial charge in [-0.1, -0.05) is 20.3 Å². The number of aliphatic hydroxyl groups is 2. The molecule has 13 heteroatoms. The Labute approximate surface area is 179 Å². The standard InChI is InChI=1S/C18H33N5O8/c1-4-8(2)13(17(29)23-14(9(3)25)18(30)31)22-16(28)11(7-24)21-15(27)10(19)5-6-12(20)26/h8-11,13-14,24-25H,4-7,19H2,1-3H3,(H2,20,26)(H,21,27)(H,22,28)(H,23,29)(H,30,31). The summed E-state index contributed by atoms with van der Waals surface area (Å²) in [6, 6.07) is -5.39. The van der Waals surface area contributed by atoms with Gasteiger partial charge in [0, 0.05) is 6.42 Å². The van der Waals surface area contributed by atoms with E-state index in [1.54, 1.807) is 13.8 Å². The summed E-state index contributed by atoms with van der Waals surface area (Å²) in [6.07, 6.45) is -1.16. The molecule has 0 aromatic rings. The van der Waals surface area contributed by atoms with Crippen molar-refractivity contribution < 1.29 is 39.3 Å². The molecule has 0 saturated heterocycles. The zero-order chi connectivity index (χ0) is 24.3. The van der Waals surface area contributed by atoms with Gasteiger partial charge in [-0.05, 0) is 19.3 Å². The largest absolute Gasteiger partial charge is 0.480 e. The molecule has 0 saturated carbocycles. The van der Waals surface area contributed by atoms with Gasteiger partial charge in [-0.25, -0.2) is 4.79 Å². The molecule has 6 atom stereocenters. The van der Waals surface area contributed by atoms with Crippen LogP contribution in [0.15, 0.2) is 0 Å². The summed E-state index contributed by atoms with van der Waals surface area (Å²) in [5.41, 5.74) is 10.6. The van der Waals surface area contributed by atoms with E-state index in [1.807, 2.05) is 0 Å². The molecular formula is C18H33N5O8. The molecule has 0 aromatic heterocycles. The SMILES string of the molecule is CCC(C)C(NC(=O)C(CO)NC(=O)C(N)CCC(N)=O)C(=O)NC(C(=O)O)C(C)O. The van der Waals surface area contributed by atoms with E-state index in [1.165, 1.54) is 6.92 Å². The summed E-state index contributed by atoms with van der Waals surface area (Å²) in [5, 5.41) is 34.9. The van der Waals surface area contributed by atoms with Crippen LogP contribution < -0.4 is 27.4 Å². The number of nitrogens with two attached hydrogens (primary N) is 2. The second-order valence-electron chi connectivity index (χ2n) is 7.29. The minimum atomic E-state index is -1.59. The lowest BCUT2D eigenvalue weighted by Crippen LogP contribution is -2.60. The van der Waals surface area contributed by atoms with E-state index in [-0.39, 0.29) is 12.8 Å². The number of carboxylic acid groups (broad SMARTS) is 1. The van der Waals surface area contributed by atoms with E-state index >= 15 is 0 Å². The Bertz CT molecular complexity index is 657. The number of rotatable bonds is 14. The first-order chi connectivity index (χ1) is 14.3. The number of carbonyl (C=O) groups is 5. The highest BCUT2D eigenvalue weighted by Gasteiger charge is 2.33. The van der Waals surface area contributed by atoms with Gasteiger partial charge in [0.2, 0.25) is 23.6 Å². The van der Waals surface area contributed by atoms with E-state index in [0.717, 1.165) is 0 Å². The Morgan fingerprint density at radius 1 is 0.935 bits per heavy atom. The van der Waals surface area contributed by atoms with Crippen LogP contribution in [0.25, 0.3) is 0 Å². The third-order valence-corrected chi connectivity index (χ3v) is 4.69. The van der Waals surface area contributed by atoms with Gasteiger partial charge in [-0.15, -0.1) is 0 Å². The smallest absolute Gasteiger partial charge is 0.328 e. The lowest BCUT2D eigenvalue weighted by atomic mass is 9.97. The van der Waals surface area contributed by atoms with Crippen LogP contribution >= 0.6 is 0 Å². The van der Waals surface area contributed by atoms with Crippen LogP contribution in [0.1, 0.15) is 40.0 Å². The molecule has 0 bridgehead atoms. The predicted molar refractivity (Wildman–Crippen MR) is 108 cm³/mol. The molecule has 0 aromatic carbocycles. The fourth-order valence-electron chi connectivity index (χ4n) is 2.49. The normalized spacial score (nSPS) is 16.7. The first-order valence-corrected chi connectivity index (χ1v) is 9.82. The molecule has 0 aliphatic carbocycles. The highest BCUT2D eigenvalue weighted by Crippen LogP contribution is 2.09. The Balaban J connectivity index is 5.26. The Hall–Kier alpha value is -2.77. The molecule has 0 rings (SSSR count). The van der Waals surface area contributed by atoms with Crippen molar-refractivity contribution in [2.75, 3.05) is 6.61 Å². The summed E-state index contributed by atoms with van der Waals surface area (Å²) >= 11 is 0. The zero-order valence-corrected chi connectivity index (χ0v) is 17.8. The molecule has 13 nitrogen and oxygen atoms in total. The van der Waals surface area contributed by atoms with Crippen molar-refractivity contribution in [1.82, 2.24) is 16.0 Å². The maximum Gasteiger partial charge on any atom is 0.328 e. The van der Waals surface area contributed by atoms with Crippen molar-refractivity contribution in [1.29, 1.82) is 0 Å². The Morgan fingerprint density at radius 3 is 1.90 bits per heavy atom. The summed E-state index contributed by atoms with van der Waals surface area (Å²) in [5.74, 6) is -5.11. The van der Waals surface area contributed by atoms with Crippen LogP contribution in [0.3, 0.4) is 0 Å². The van der Waals surface area contributed by atoms with Crippen LogP contribution in [0, 0.1) is 5.92 Å². The molecule has 0 fully saturated rings. The number of hydrogen-bond acceptors (Lipinski definition) is 8. The van der Waals surface area contributed by atoms with Crippen LogP contribution in [0.2, 0.25) is 0 Å². The molecule has 178 valence electrons. The maximum absolute atomic E-state index is 12.6. The summed E-state index contributed by atoms with van der Waals surface area (Å²) in [4.78, 5) is 59.2. The third kappa shape index (κ3) is 9.72. The molecule has 0 aliphatic heterocycles. The van der Waals surface area contributed by atoms with Crippen molar-refractivity contribution >= 4 is 29.6 Å². The van der Waals surface area contributed by atoms with Crippen LogP contribution in [0.4, 0.5) is 0 Å². The number of amides is 4. The van der Waals surface area contributed by atoms with Crippen molar-refractivity contribution in [2.45, 2.75) is 70.3 Å². The Kier molecular flexibility index (Phi) is 12.3. The van der Waals surface area contributed by atoms with E-state index in [4.69, 9.17) is 16.6 Å². The van der Waals surface area contributed by atoms with Crippen molar-refractivity contribution in [3.8, 4) is 0 Å². The number of primary amides is 1. The van der Waals surface area contributed by atoms with Gasteiger partial charge < -0.3 is 42.7 Å². The van der Waals surface area contributed by atoms with E-state index < -0.39 is 72.4 Å². The molecule has 0 heterocycles. The summed E-state index contributed by atoms with van der Waals surface area (Å²) in [7, 11) is 0. The first kappa shape index (κ1) is 28.2. The highest BCUT2D eigenvalue weighted by atomic mass is 16.4.